The fourth-order valence-corrected chi connectivity index (χ4v) is 3.46. The zero-order valence-electron chi connectivity index (χ0n) is 16.9. The average molecular weight is 398 g/mol. The lowest BCUT2D eigenvalue weighted by atomic mass is 10.0. The molecule has 2 heterocycles. The molecule has 1 aromatic carbocycles. The van der Waals surface area contributed by atoms with Crippen molar-refractivity contribution in [1.82, 2.24) is 14.7 Å². The largest absolute Gasteiger partial charge is 0.461 e. The molecule has 1 unspecified atom stereocenters. The van der Waals surface area contributed by atoms with Crippen LogP contribution in [0.25, 0.3) is 5.69 Å². The Bertz CT molecular complexity index is 888. The molecule has 0 spiro atoms. The smallest absolute Gasteiger partial charge is 0.358 e. The summed E-state index contributed by atoms with van der Waals surface area (Å²) in [5.74, 6) is -0.606. The van der Waals surface area contributed by atoms with E-state index in [-0.39, 0.29) is 23.4 Å². The van der Waals surface area contributed by atoms with Crippen molar-refractivity contribution in [3.05, 3.63) is 42.2 Å². The quantitative estimate of drug-likeness (QED) is 0.724. The number of carbonyl (C=O) groups is 3. The molecule has 1 N–H and O–H groups in total. The van der Waals surface area contributed by atoms with Gasteiger partial charge < -0.3 is 15.0 Å². The fourth-order valence-electron chi connectivity index (χ4n) is 3.46. The first-order valence-electron chi connectivity index (χ1n) is 9.84. The molecule has 29 heavy (non-hydrogen) atoms. The van der Waals surface area contributed by atoms with Crippen LogP contribution in [-0.4, -0.2) is 51.7 Å². The summed E-state index contributed by atoms with van der Waals surface area (Å²) in [4.78, 5) is 38.3. The Hall–Kier alpha value is -3.16. The first kappa shape index (κ1) is 20.6. The Morgan fingerprint density at radius 3 is 2.52 bits per heavy atom. The number of esters is 1. The summed E-state index contributed by atoms with van der Waals surface area (Å²) in [6, 6.07) is 8.23. The normalized spacial score (nSPS) is 14.9. The maximum atomic E-state index is 12.8. The number of hydrogen-bond acceptors (Lipinski definition) is 5. The minimum atomic E-state index is -0.483. The van der Waals surface area contributed by atoms with Crippen LogP contribution >= 0.6 is 0 Å². The predicted octanol–water partition coefficient (Wildman–Crippen LogP) is 2.63. The van der Waals surface area contributed by atoms with Gasteiger partial charge in [0.05, 0.1) is 12.3 Å². The second kappa shape index (κ2) is 8.89. The van der Waals surface area contributed by atoms with E-state index in [1.54, 1.807) is 53.0 Å². The van der Waals surface area contributed by atoms with Gasteiger partial charge in [0.15, 0.2) is 5.69 Å². The molecule has 2 aromatic rings. The molecule has 1 fully saturated rings. The highest BCUT2D eigenvalue weighted by atomic mass is 16.5. The Morgan fingerprint density at radius 2 is 1.93 bits per heavy atom. The standard InChI is InChI=1S/C21H26N4O4/c1-4-29-21(28)17-11-13-25(23-17)16-9-7-15(8-10-16)22-20(27)19(14(2)3)24-12-5-6-18(24)26/h7-11,13-14,19H,4-6,12H2,1-3H3,(H,22,27). The Kier molecular flexibility index (Phi) is 6.31. The highest BCUT2D eigenvalue weighted by Crippen LogP contribution is 2.21. The van der Waals surface area contributed by atoms with Gasteiger partial charge in [0.1, 0.15) is 6.04 Å². The van der Waals surface area contributed by atoms with E-state index >= 15 is 0 Å². The predicted molar refractivity (Wildman–Crippen MR) is 108 cm³/mol. The molecule has 0 radical (unpaired) electrons. The van der Waals surface area contributed by atoms with E-state index < -0.39 is 12.0 Å². The summed E-state index contributed by atoms with van der Waals surface area (Å²) >= 11 is 0. The number of carbonyl (C=O) groups excluding carboxylic acids is 3. The number of benzene rings is 1. The van der Waals surface area contributed by atoms with Crippen molar-refractivity contribution in [2.45, 2.75) is 39.7 Å². The van der Waals surface area contributed by atoms with Crippen molar-refractivity contribution >= 4 is 23.5 Å². The molecular weight excluding hydrogens is 372 g/mol. The maximum Gasteiger partial charge on any atom is 0.358 e. The molecule has 1 aromatic heterocycles. The Balaban J connectivity index is 1.69. The number of nitrogens with zero attached hydrogens (tertiary/aromatic N) is 3. The van der Waals surface area contributed by atoms with Crippen LogP contribution in [0, 0.1) is 5.92 Å². The summed E-state index contributed by atoms with van der Waals surface area (Å²) in [5, 5.41) is 7.12. The Morgan fingerprint density at radius 1 is 1.21 bits per heavy atom. The molecular formula is C21H26N4O4. The van der Waals surface area contributed by atoms with Crippen molar-refractivity contribution in [2.24, 2.45) is 5.92 Å². The monoisotopic (exact) mass is 398 g/mol. The summed E-state index contributed by atoms with van der Waals surface area (Å²) < 4.78 is 6.51. The van der Waals surface area contributed by atoms with E-state index in [9.17, 15) is 14.4 Å². The number of aromatic nitrogens is 2. The highest BCUT2D eigenvalue weighted by Gasteiger charge is 2.34. The van der Waals surface area contributed by atoms with E-state index in [1.165, 1.54) is 0 Å². The lowest BCUT2D eigenvalue weighted by molar-refractivity contribution is -0.136. The molecule has 1 aliphatic heterocycles. The van der Waals surface area contributed by atoms with Crippen molar-refractivity contribution in [1.29, 1.82) is 0 Å². The van der Waals surface area contributed by atoms with Gasteiger partial charge in [0.25, 0.3) is 0 Å². The van der Waals surface area contributed by atoms with Crippen LogP contribution in [-0.2, 0) is 14.3 Å². The summed E-state index contributed by atoms with van der Waals surface area (Å²) in [6.07, 6.45) is 2.97. The number of hydrogen-bond donors (Lipinski definition) is 1. The van der Waals surface area contributed by atoms with Gasteiger partial charge in [-0.1, -0.05) is 13.8 Å². The number of nitrogens with one attached hydrogen (secondary N) is 1. The van der Waals surface area contributed by atoms with Crippen molar-refractivity contribution < 1.29 is 19.1 Å². The van der Waals surface area contributed by atoms with E-state index in [0.717, 1.165) is 12.1 Å². The van der Waals surface area contributed by atoms with Gasteiger partial charge in [-0.15, -0.1) is 0 Å². The van der Waals surface area contributed by atoms with E-state index in [4.69, 9.17) is 4.74 Å². The molecule has 1 atom stereocenters. The van der Waals surface area contributed by atoms with E-state index in [0.29, 0.717) is 25.3 Å². The van der Waals surface area contributed by atoms with E-state index in [1.807, 2.05) is 13.8 Å². The third-order valence-corrected chi connectivity index (χ3v) is 4.82. The van der Waals surface area contributed by atoms with Gasteiger partial charge in [-0.3, -0.25) is 9.59 Å². The van der Waals surface area contributed by atoms with Crippen molar-refractivity contribution in [2.75, 3.05) is 18.5 Å². The van der Waals surface area contributed by atoms with Gasteiger partial charge >= 0.3 is 5.97 Å². The van der Waals surface area contributed by atoms with Gasteiger partial charge in [-0.25, -0.2) is 9.48 Å². The summed E-state index contributed by atoms with van der Waals surface area (Å²) in [7, 11) is 0. The lowest BCUT2D eigenvalue weighted by Crippen LogP contribution is -2.47. The van der Waals surface area contributed by atoms with Gasteiger partial charge in [0, 0.05) is 24.8 Å². The molecule has 0 aliphatic carbocycles. The van der Waals surface area contributed by atoms with Crippen LogP contribution in [0.15, 0.2) is 36.5 Å². The number of ether oxygens (including phenoxy) is 1. The second-order valence-electron chi connectivity index (χ2n) is 7.28. The summed E-state index contributed by atoms with van der Waals surface area (Å²) in [5.41, 5.74) is 1.61. The maximum absolute atomic E-state index is 12.8. The van der Waals surface area contributed by atoms with Crippen LogP contribution in [0.5, 0.6) is 0 Å². The molecule has 0 saturated carbocycles. The van der Waals surface area contributed by atoms with Crippen LogP contribution in [0.2, 0.25) is 0 Å². The molecule has 0 bridgehead atoms. The molecule has 8 heteroatoms. The van der Waals surface area contributed by atoms with Crippen LogP contribution in [0.3, 0.4) is 0 Å². The highest BCUT2D eigenvalue weighted by molar-refractivity contribution is 5.97. The lowest BCUT2D eigenvalue weighted by Gasteiger charge is -2.29. The van der Waals surface area contributed by atoms with Crippen molar-refractivity contribution in [3.63, 3.8) is 0 Å². The van der Waals surface area contributed by atoms with Gasteiger partial charge in [-0.2, -0.15) is 5.10 Å². The average Bonchev–Trinajstić information content (AvgIpc) is 3.32. The number of rotatable bonds is 7. The van der Waals surface area contributed by atoms with Crippen LogP contribution < -0.4 is 5.32 Å². The molecule has 2 amide bonds. The zero-order chi connectivity index (χ0) is 21.0. The molecule has 3 rings (SSSR count). The number of amides is 2. The fraction of sp³-hybridized carbons (Fsp3) is 0.429. The zero-order valence-corrected chi connectivity index (χ0v) is 16.9. The van der Waals surface area contributed by atoms with Crippen molar-refractivity contribution in [3.8, 4) is 5.69 Å². The second-order valence-corrected chi connectivity index (χ2v) is 7.28. The van der Waals surface area contributed by atoms with Gasteiger partial charge in [0.2, 0.25) is 11.8 Å². The number of anilines is 1. The summed E-state index contributed by atoms with van der Waals surface area (Å²) in [6.45, 7) is 6.54. The van der Waals surface area contributed by atoms with Crippen LogP contribution in [0.4, 0.5) is 5.69 Å². The minimum absolute atomic E-state index is 0.0155. The SMILES string of the molecule is CCOC(=O)c1ccn(-c2ccc(NC(=O)C(C(C)C)N3CCCC3=O)cc2)n1. The van der Waals surface area contributed by atoms with E-state index in [2.05, 4.69) is 10.4 Å². The topological polar surface area (TPSA) is 93.5 Å². The third-order valence-electron chi connectivity index (χ3n) is 4.82. The van der Waals surface area contributed by atoms with Crippen LogP contribution in [0.1, 0.15) is 44.1 Å². The Labute approximate surface area is 169 Å². The van der Waals surface area contributed by atoms with Gasteiger partial charge in [-0.05, 0) is 49.6 Å². The molecule has 8 nitrogen and oxygen atoms in total. The molecule has 1 aliphatic rings. The molecule has 154 valence electrons. The minimum Gasteiger partial charge on any atom is -0.461 e. The first-order valence-corrected chi connectivity index (χ1v) is 9.84. The number of likely N-dealkylation sites (tertiary alicyclic amines) is 1. The third kappa shape index (κ3) is 4.64. The first-order chi connectivity index (χ1) is 13.9. The molecule has 1 saturated heterocycles.